The first-order chi connectivity index (χ1) is 9.76. The van der Waals surface area contributed by atoms with E-state index in [0.717, 1.165) is 0 Å². The highest BCUT2D eigenvalue weighted by molar-refractivity contribution is 14.1. The Kier molecular flexibility index (Phi) is 6.21. The van der Waals surface area contributed by atoms with Crippen LogP contribution in [0.25, 0.3) is 0 Å². The van der Waals surface area contributed by atoms with Crippen LogP contribution in [0, 0.1) is 3.57 Å². The van der Waals surface area contributed by atoms with Crippen molar-refractivity contribution in [3.05, 3.63) is 26.3 Å². The normalized spacial score (nSPS) is 11.6. The summed E-state index contributed by atoms with van der Waals surface area (Å²) in [4.78, 5) is 33.9. The Bertz CT molecular complexity index is 593. The largest absolute Gasteiger partial charge is 0.496 e. The van der Waals surface area contributed by atoms with E-state index in [-0.39, 0.29) is 11.3 Å². The minimum absolute atomic E-state index is 0.0682. The maximum absolute atomic E-state index is 12.1. The van der Waals surface area contributed by atoms with Crippen molar-refractivity contribution in [3.8, 4) is 5.75 Å². The molecule has 0 heterocycles. The number of hydrogen-bond acceptors (Lipinski definition) is 4. The molecule has 2 amide bonds. The monoisotopic (exact) mass is 426 g/mol. The van der Waals surface area contributed by atoms with Crippen LogP contribution in [-0.4, -0.2) is 36.0 Å². The Morgan fingerprint density at radius 2 is 2.10 bits per heavy atom. The lowest BCUT2D eigenvalue weighted by Crippen LogP contribution is -2.43. The van der Waals surface area contributed by atoms with Gasteiger partial charge in [0.25, 0.3) is 5.91 Å². The van der Waals surface area contributed by atoms with E-state index in [2.05, 4.69) is 5.32 Å². The van der Waals surface area contributed by atoms with Gasteiger partial charge in [0.15, 0.2) is 0 Å². The summed E-state index contributed by atoms with van der Waals surface area (Å²) in [5.41, 5.74) is 5.01. The van der Waals surface area contributed by atoms with Crippen LogP contribution in [0.5, 0.6) is 5.75 Å². The lowest BCUT2D eigenvalue weighted by atomic mass is 10.1. The molecule has 0 fully saturated rings. The number of amides is 2. The molecule has 21 heavy (non-hydrogen) atoms. The lowest BCUT2D eigenvalue weighted by molar-refractivity contribution is -0.140. The van der Waals surface area contributed by atoms with Gasteiger partial charge < -0.3 is 20.9 Å². The van der Waals surface area contributed by atoms with Gasteiger partial charge in [0.1, 0.15) is 11.8 Å². The number of ether oxygens (including phenoxy) is 1. The summed E-state index contributed by atoms with van der Waals surface area (Å²) >= 11 is 7.90. The van der Waals surface area contributed by atoms with Crippen molar-refractivity contribution in [2.75, 3.05) is 7.11 Å². The van der Waals surface area contributed by atoms with Crippen LogP contribution in [0.2, 0.25) is 5.02 Å². The van der Waals surface area contributed by atoms with Gasteiger partial charge in [0, 0.05) is 3.57 Å². The van der Waals surface area contributed by atoms with Crippen molar-refractivity contribution in [2.45, 2.75) is 12.5 Å². The molecule has 1 rings (SSSR count). The number of carbonyl (C=O) groups is 3. The van der Waals surface area contributed by atoms with Gasteiger partial charge in [-0.05, 0) is 34.7 Å². The second kappa shape index (κ2) is 7.46. The van der Waals surface area contributed by atoms with Crippen molar-refractivity contribution >= 4 is 52.0 Å². The molecule has 0 aliphatic carbocycles. The van der Waals surface area contributed by atoms with Crippen molar-refractivity contribution in [3.63, 3.8) is 0 Å². The molecule has 0 aromatic heterocycles. The minimum atomic E-state index is -1.42. The Hall–Kier alpha value is -1.55. The quantitative estimate of drug-likeness (QED) is 0.587. The molecule has 7 nitrogen and oxygen atoms in total. The first kappa shape index (κ1) is 17.5. The van der Waals surface area contributed by atoms with Gasteiger partial charge in [-0.25, -0.2) is 4.79 Å². The molecule has 4 N–H and O–H groups in total. The maximum atomic E-state index is 12.1. The molecule has 0 radical (unpaired) electrons. The van der Waals surface area contributed by atoms with E-state index in [4.69, 9.17) is 27.2 Å². The van der Waals surface area contributed by atoms with E-state index >= 15 is 0 Å². The number of carbonyl (C=O) groups excluding carboxylic acids is 2. The van der Waals surface area contributed by atoms with Gasteiger partial charge in [0.05, 0.1) is 24.1 Å². The van der Waals surface area contributed by atoms with Crippen LogP contribution in [0.3, 0.4) is 0 Å². The van der Waals surface area contributed by atoms with Crippen LogP contribution in [0.4, 0.5) is 0 Å². The number of nitrogens with two attached hydrogens (primary N) is 1. The molecule has 0 aliphatic heterocycles. The molecule has 0 aliphatic rings. The Labute approximate surface area is 138 Å². The van der Waals surface area contributed by atoms with Crippen molar-refractivity contribution in [1.82, 2.24) is 5.32 Å². The minimum Gasteiger partial charge on any atom is -0.496 e. The number of nitrogens with one attached hydrogen (secondary N) is 1. The van der Waals surface area contributed by atoms with Crippen molar-refractivity contribution in [2.24, 2.45) is 5.73 Å². The average Bonchev–Trinajstić information content (AvgIpc) is 2.39. The Morgan fingerprint density at radius 3 is 2.57 bits per heavy atom. The van der Waals surface area contributed by atoms with E-state index in [1.54, 1.807) is 6.07 Å². The van der Waals surface area contributed by atoms with Gasteiger partial charge >= 0.3 is 5.97 Å². The highest BCUT2D eigenvalue weighted by Gasteiger charge is 2.24. The van der Waals surface area contributed by atoms with Crippen LogP contribution >= 0.6 is 34.2 Å². The third-order valence-corrected chi connectivity index (χ3v) is 4.02. The Balaban J connectivity index is 3.05. The van der Waals surface area contributed by atoms with E-state index in [0.29, 0.717) is 8.59 Å². The van der Waals surface area contributed by atoms with E-state index in [1.807, 2.05) is 22.6 Å². The fourth-order valence-corrected chi connectivity index (χ4v) is 2.11. The van der Waals surface area contributed by atoms with E-state index in [1.165, 1.54) is 13.2 Å². The average molecular weight is 427 g/mol. The fraction of sp³-hybridized carbons (Fsp3) is 0.250. The van der Waals surface area contributed by atoms with E-state index in [9.17, 15) is 14.4 Å². The number of aliphatic carboxylic acids is 1. The molecular weight excluding hydrogens is 414 g/mol. The van der Waals surface area contributed by atoms with Crippen molar-refractivity contribution in [1.29, 1.82) is 0 Å². The van der Waals surface area contributed by atoms with Gasteiger partial charge in [-0.1, -0.05) is 11.6 Å². The van der Waals surface area contributed by atoms with E-state index < -0.39 is 30.2 Å². The molecular formula is C12H12ClIN2O5. The smallest absolute Gasteiger partial charge is 0.326 e. The summed E-state index contributed by atoms with van der Waals surface area (Å²) in [6.45, 7) is 0. The summed E-state index contributed by atoms with van der Waals surface area (Å²) in [6, 6.07) is 1.49. The zero-order chi connectivity index (χ0) is 16.2. The fourth-order valence-electron chi connectivity index (χ4n) is 1.51. The summed E-state index contributed by atoms with van der Waals surface area (Å²) in [5, 5.41) is 11.5. The predicted molar refractivity (Wildman–Crippen MR) is 83.4 cm³/mol. The van der Waals surface area contributed by atoms with Crippen LogP contribution in [-0.2, 0) is 9.59 Å². The summed E-state index contributed by atoms with van der Waals surface area (Å²) in [5.74, 6) is -2.68. The number of carboxylic acid groups (broad SMARTS) is 1. The second-order valence-electron chi connectivity index (χ2n) is 4.00. The molecule has 1 atom stereocenters. The molecule has 0 unspecified atom stereocenters. The summed E-state index contributed by atoms with van der Waals surface area (Å²) in [7, 11) is 1.37. The maximum Gasteiger partial charge on any atom is 0.326 e. The number of benzene rings is 1. The Morgan fingerprint density at radius 1 is 1.48 bits per heavy atom. The zero-order valence-electron chi connectivity index (χ0n) is 10.9. The standard InChI is InChI=1S/C12H12ClIN2O5/c1-21-9-3-7(14)6(13)2-5(9)11(18)16-8(12(19)20)4-10(15)17/h2-3,8H,4H2,1H3,(H2,15,17)(H,16,18)(H,19,20)/t8-/m0/s1. The third kappa shape index (κ3) is 4.74. The van der Waals surface area contributed by atoms with Gasteiger partial charge in [-0.3, -0.25) is 9.59 Å². The summed E-state index contributed by atoms with van der Waals surface area (Å²) in [6.07, 6.45) is -0.512. The highest BCUT2D eigenvalue weighted by Crippen LogP contribution is 2.28. The van der Waals surface area contributed by atoms with Crippen molar-refractivity contribution < 1.29 is 24.2 Å². The molecule has 0 spiro atoms. The number of carboxylic acids is 1. The first-order valence-corrected chi connectivity index (χ1v) is 7.07. The molecule has 9 heteroatoms. The lowest BCUT2D eigenvalue weighted by Gasteiger charge is -2.15. The van der Waals surface area contributed by atoms with Gasteiger partial charge in [-0.15, -0.1) is 0 Å². The molecule has 0 bridgehead atoms. The van der Waals surface area contributed by atoms with Crippen LogP contribution < -0.4 is 15.8 Å². The molecule has 1 aromatic rings. The SMILES string of the molecule is COc1cc(I)c(Cl)cc1C(=O)N[C@@H](CC(N)=O)C(=O)O. The third-order valence-electron chi connectivity index (χ3n) is 2.50. The van der Waals surface area contributed by atoms with Crippen LogP contribution in [0.15, 0.2) is 12.1 Å². The number of rotatable bonds is 6. The second-order valence-corrected chi connectivity index (χ2v) is 5.57. The predicted octanol–water partition coefficient (Wildman–Crippen LogP) is 1.01. The molecule has 0 saturated heterocycles. The highest BCUT2D eigenvalue weighted by atomic mass is 127. The number of primary amides is 1. The molecule has 114 valence electrons. The first-order valence-electron chi connectivity index (χ1n) is 5.61. The zero-order valence-corrected chi connectivity index (χ0v) is 13.8. The number of hydrogen-bond donors (Lipinski definition) is 3. The number of halogens is 2. The van der Waals surface area contributed by atoms with Gasteiger partial charge in [0.2, 0.25) is 5.91 Å². The molecule has 1 aromatic carbocycles. The topological polar surface area (TPSA) is 119 Å². The van der Waals surface area contributed by atoms with Crippen LogP contribution in [0.1, 0.15) is 16.8 Å². The number of methoxy groups -OCH3 is 1. The summed E-state index contributed by atoms with van der Waals surface area (Å²) < 4.78 is 5.74. The molecule has 0 saturated carbocycles. The van der Waals surface area contributed by atoms with Gasteiger partial charge in [-0.2, -0.15) is 0 Å².